The number of hydrogen-bond acceptors (Lipinski definition) is 8. The number of aryl methyl sites for hydroxylation is 2. The van der Waals surface area contributed by atoms with Crippen LogP contribution >= 0.6 is 0 Å². The van der Waals surface area contributed by atoms with E-state index in [-0.39, 0.29) is 5.52 Å². The van der Waals surface area contributed by atoms with Crippen molar-refractivity contribution in [2.24, 2.45) is 7.05 Å². The smallest absolute Gasteiger partial charge is 0.298 e. The molecule has 1 aliphatic rings. The molecule has 0 aliphatic carbocycles. The van der Waals surface area contributed by atoms with E-state index in [0.717, 1.165) is 11.1 Å². The minimum Gasteiger partial charge on any atom is -0.394 e. The summed E-state index contributed by atoms with van der Waals surface area (Å²) in [6.07, 6.45) is -3.37. The van der Waals surface area contributed by atoms with Crippen molar-refractivity contribution in [1.29, 1.82) is 0 Å². The fourth-order valence-electron chi connectivity index (χ4n) is 2.81. The van der Waals surface area contributed by atoms with Crippen LogP contribution in [0.3, 0.4) is 0 Å². The molecule has 0 bridgehead atoms. The summed E-state index contributed by atoms with van der Waals surface area (Å²) in [5, 5.41) is 41.1. The van der Waals surface area contributed by atoms with Crippen molar-refractivity contribution in [3.63, 3.8) is 0 Å². The lowest BCUT2D eigenvalue weighted by atomic mass is 10.1. The Morgan fingerprint density at radius 2 is 2.04 bits per heavy atom. The normalized spacial score (nSPS) is 27.9. The zero-order valence-corrected chi connectivity index (χ0v) is 12.8. The minimum atomic E-state index is -1.39. The summed E-state index contributed by atoms with van der Waals surface area (Å²) in [5.41, 5.74) is 0.827. The van der Waals surface area contributed by atoms with Crippen molar-refractivity contribution >= 4 is 11.0 Å². The molecule has 0 aromatic carbocycles. The molecule has 0 spiro atoms. The summed E-state index contributed by atoms with van der Waals surface area (Å²) in [6.45, 7) is 1.51. The van der Waals surface area contributed by atoms with Crippen LogP contribution in [0.25, 0.3) is 11.0 Å². The molecule has 1 saturated heterocycles. The van der Waals surface area contributed by atoms with E-state index < -0.39 is 36.7 Å². The van der Waals surface area contributed by atoms with Gasteiger partial charge >= 0.3 is 0 Å². The Morgan fingerprint density at radius 1 is 1.30 bits per heavy atom. The monoisotopic (exact) mass is 325 g/mol. The zero-order valence-electron chi connectivity index (χ0n) is 12.8. The number of nitrogens with zero attached hydrogens (tertiary/aromatic N) is 5. The first-order valence-corrected chi connectivity index (χ1v) is 7.43. The Morgan fingerprint density at radius 3 is 2.65 bits per heavy atom. The summed E-state index contributed by atoms with van der Waals surface area (Å²) in [4.78, 5) is 12.7. The maximum atomic E-state index is 12.7. The van der Waals surface area contributed by atoms with Gasteiger partial charge in [-0.05, 0) is 6.42 Å². The zero-order chi connectivity index (χ0) is 16.7. The second-order valence-electron chi connectivity index (χ2n) is 5.59. The lowest BCUT2D eigenvalue weighted by molar-refractivity contribution is -0.0619. The highest BCUT2D eigenvalue weighted by molar-refractivity contribution is 5.75. The number of aromatic nitrogens is 5. The van der Waals surface area contributed by atoms with Crippen LogP contribution in [-0.2, 0) is 18.2 Å². The van der Waals surface area contributed by atoms with Gasteiger partial charge in [0.25, 0.3) is 5.56 Å². The van der Waals surface area contributed by atoms with E-state index >= 15 is 0 Å². The highest BCUT2D eigenvalue weighted by Crippen LogP contribution is 2.27. The van der Waals surface area contributed by atoms with Gasteiger partial charge in [0.05, 0.1) is 12.3 Å². The SMILES string of the molecule is CCCc1nn(C)c2c(=O)n(C3OC(CO)C(O)C3O)nnc12. The molecule has 4 atom stereocenters. The molecule has 2 aromatic rings. The van der Waals surface area contributed by atoms with Gasteiger partial charge in [-0.25, -0.2) is 0 Å². The van der Waals surface area contributed by atoms with Gasteiger partial charge in [0.1, 0.15) is 23.8 Å². The highest BCUT2D eigenvalue weighted by Gasteiger charge is 2.44. The fraction of sp³-hybridized carbons (Fsp3) is 0.692. The molecular weight excluding hydrogens is 306 g/mol. The first-order chi connectivity index (χ1) is 11.0. The lowest BCUT2D eigenvalue weighted by Gasteiger charge is -2.15. The standard InChI is InChI=1S/C13H19N5O5/c1-3-4-6-8-9(17(2)15-6)12(22)18(16-14-8)13-11(21)10(20)7(5-19)23-13/h7,10-11,13,19-21H,3-5H2,1-2H3. The van der Waals surface area contributed by atoms with E-state index in [9.17, 15) is 15.0 Å². The number of hydrogen-bond donors (Lipinski definition) is 3. The first kappa shape index (κ1) is 16.0. The minimum absolute atomic E-state index is 0.251. The average molecular weight is 325 g/mol. The van der Waals surface area contributed by atoms with Crippen LogP contribution in [0.5, 0.6) is 0 Å². The highest BCUT2D eigenvalue weighted by atomic mass is 16.6. The van der Waals surface area contributed by atoms with E-state index in [4.69, 9.17) is 9.84 Å². The Balaban J connectivity index is 2.08. The van der Waals surface area contributed by atoms with Crippen LogP contribution in [0.15, 0.2) is 4.79 Å². The number of fused-ring (bicyclic) bond motifs is 1. The van der Waals surface area contributed by atoms with Crippen molar-refractivity contribution < 1.29 is 20.1 Å². The second-order valence-corrected chi connectivity index (χ2v) is 5.59. The van der Waals surface area contributed by atoms with Crippen molar-refractivity contribution in [1.82, 2.24) is 24.8 Å². The lowest BCUT2D eigenvalue weighted by Crippen LogP contribution is -2.37. The van der Waals surface area contributed by atoms with E-state index in [0.29, 0.717) is 17.6 Å². The molecular formula is C13H19N5O5. The molecule has 4 unspecified atom stereocenters. The number of rotatable bonds is 4. The number of aliphatic hydroxyl groups is 3. The summed E-state index contributed by atoms with van der Waals surface area (Å²) >= 11 is 0. The van der Waals surface area contributed by atoms with Crippen LogP contribution in [0.4, 0.5) is 0 Å². The van der Waals surface area contributed by atoms with Crippen molar-refractivity contribution in [3.8, 4) is 0 Å². The molecule has 0 saturated carbocycles. The van der Waals surface area contributed by atoms with Crippen LogP contribution in [0.2, 0.25) is 0 Å². The van der Waals surface area contributed by atoms with Gasteiger partial charge in [0.15, 0.2) is 11.7 Å². The predicted molar refractivity (Wildman–Crippen MR) is 77.6 cm³/mol. The molecule has 1 fully saturated rings. The van der Waals surface area contributed by atoms with Crippen LogP contribution < -0.4 is 5.56 Å². The van der Waals surface area contributed by atoms with Gasteiger partial charge in [-0.1, -0.05) is 18.6 Å². The molecule has 3 heterocycles. The molecule has 0 amide bonds. The Kier molecular flexibility index (Phi) is 4.15. The summed E-state index contributed by atoms with van der Waals surface area (Å²) in [6, 6.07) is 0. The second kappa shape index (κ2) is 5.96. The first-order valence-electron chi connectivity index (χ1n) is 7.43. The molecule has 1 aliphatic heterocycles. The van der Waals surface area contributed by atoms with Gasteiger partial charge in [0.2, 0.25) is 0 Å². The Hall–Kier alpha value is -1.88. The predicted octanol–water partition coefficient (Wildman–Crippen LogP) is -1.91. The third-order valence-electron chi connectivity index (χ3n) is 3.99. The third kappa shape index (κ3) is 2.43. The molecule has 0 radical (unpaired) electrons. The number of aliphatic hydroxyl groups excluding tert-OH is 3. The average Bonchev–Trinajstić information content (AvgIpc) is 3.00. The van der Waals surface area contributed by atoms with E-state index in [2.05, 4.69) is 15.4 Å². The summed E-state index contributed by atoms with van der Waals surface area (Å²) < 4.78 is 7.63. The van der Waals surface area contributed by atoms with E-state index in [1.807, 2.05) is 6.92 Å². The van der Waals surface area contributed by atoms with Gasteiger partial charge in [-0.15, -0.1) is 5.10 Å². The third-order valence-corrected chi connectivity index (χ3v) is 3.99. The van der Waals surface area contributed by atoms with Crippen molar-refractivity contribution in [3.05, 3.63) is 16.0 Å². The van der Waals surface area contributed by atoms with Crippen molar-refractivity contribution in [2.75, 3.05) is 6.61 Å². The molecule has 2 aromatic heterocycles. The van der Waals surface area contributed by atoms with Crippen LogP contribution in [0, 0.1) is 0 Å². The van der Waals surface area contributed by atoms with E-state index in [1.165, 1.54) is 4.68 Å². The van der Waals surface area contributed by atoms with Gasteiger partial charge < -0.3 is 20.1 Å². The van der Waals surface area contributed by atoms with Gasteiger partial charge in [-0.3, -0.25) is 9.48 Å². The Bertz CT molecular complexity index is 772. The van der Waals surface area contributed by atoms with Crippen LogP contribution in [0.1, 0.15) is 25.3 Å². The van der Waals surface area contributed by atoms with Crippen molar-refractivity contribution in [2.45, 2.75) is 44.3 Å². The largest absolute Gasteiger partial charge is 0.394 e. The summed E-state index contributed by atoms with van der Waals surface area (Å²) in [5.74, 6) is 0. The quantitative estimate of drug-likeness (QED) is 0.592. The molecule has 10 nitrogen and oxygen atoms in total. The Labute approximate surface area is 130 Å². The molecule has 23 heavy (non-hydrogen) atoms. The number of ether oxygens (including phenoxy) is 1. The topological polar surface area (TPSA) is 136 Å². The van der Waals surface area contributed by atoms with Crippen LogP contribution in [-0.4, -0.2) is 65.0 Å². The molecule has 3 N–H and O–H groups in total. The fourth-order valence-corrected chi connectivity index (χ4v) is 2.81. The van der Waals surface area contributed by atoms with Gasteiger partial charge in [0, 0.05) is 7.05 Å². The maximum absolute atomic E-state index is 12.7. The van der Waals surface area contributed by atoms with Gasteiger partial charge in [-0.2, -0.15) is 9.78 Å². The summed E-state index contributed by atoms with van der Waals surface area (Å²) in [7, 11) is 1.63. The van der Waals surface area contributed by atoms with E-state index in [1.54, 1.807) is 7.05 Å². The molecule has 10 heteroatoms. The maximum Gasteiger partial charge on any atom is 0.298 e. The molecule has 3 rings (SSSR count). The molecule has 126 valence electrons.